The minimum absolute atomic E-state index is 0.230. The van der Waals surface area contributed by atoms with Crippen LogP contribution < -0.4 is 5.73 Å². The first-order valence-corrected chi connectivity index (χ1v) is 5.95. The lowest BCUT2D eigenvalue weighted by Crippen LogP contribution is -2.31. The Bertz CT molecular complexity index is 176. The highest BCUT2D eigenvalue weighted by Crippen LogP contribution is 2.09. The van der Waals surface area contributed by atoms with Crippen molar-refractivity contribution in [2.24, 2.45) is 17.6 Å². The number of nitrogens with zero attached hydrogens (tertiary/aromatic N) is 1. The van der Waals surface area contributed by atoms with E-state index in [2.05, 4.69) is 20.8 Å². The Balaban J connectivity index is 3.87. The van der Waals surface area contributed by atoms with Crippen LogP contribution in [0.3, 0.4) is 0 Å². The van der Waals surface area contributed by atoms with E-state index in [9.17, 15) is 4.79 Å². The Hall–Kier alpha value is -0.570. The molecule has 0 rings (SSSR count). The Morgan fingerprint density at radius 1 is 1.40 bits per heavy atom. The average Bonchev–Trinajstić information content (AvgIpc) is 2.21. The summed E-state index contributed by atoms with van der Waals surface area (Å²) in [6.45, 7) is 7.90. The summed E-state index contributed by atoms with van der Waals surface area (Å²) >= 11 is 0. The van der Waals surface area contributed by atoms with Gasteiger partial charge in [0.25, 0.3) is 0 Å². The SMILES string of the molecule is CCC(CN)CC(=O)N(C)CCC(C)C. The van der Waals surface area contributed by atoms with E-state index in [1.54, 1.807) is 0 Å². The van der Waals surface area contributed by atoms with Gasteiger partial charge >= 0.3 is 0 Å². The van der Waals surface area contributed by atoms with Crippen LogP contribution in [0.2, 0.25) is 0 Å². The molecule has 1 amide bonds. The van der Waals surface area contributed by atoms with Crippen LogP contribution in [-0.2, 0) is 4.79 Å². The number of nitrogens with two attached hydrogens (primary N) is 1. The molecule has 0 radical (unpaired) electrons. The lowest BCUT2D eigenvalue weighted by atomic mass is 10.0. The molecule has 2 N–H and O–H groups in total. The van der Waals surface area contributed by atoms with Crippen LogP contribution in [0.4, 0.5) is 0 Å². The van der Waals surface area contributed by atoms with Gasteiger partial charge in [-0.05, 0) is 24.8 Å². The standard InChI is InChI=1S/C12H26N2O/c1-5-11(9-13)8-12(15)14(4)7-6-10(2)3/h10-11H,5-9,13H2,1-4H3. The van der Waals surface area contributed by atoms with Crippen molar-refractivity contribution in [2.45, 2.75) is 40.0 Å². The van der Waals surface area contributed by atoms with Gasteiger partial charge in [0.1, 0.15) is 0 Å². The van der Waals surface area contributed by atoms with Crippen molar-refractivity contribution in [3.8, 4) is 0 Å². The van der Waals surface area contributed by atoms with Crippen LogP contribution >= 0.6 is 0 Å². The molecule has 3 nitrogen and oxygen atoms in total. The van der Waals surface area contributed by atoms with Gasteiger partial charge < -0.3 is 10.6 Å². The van der Waals surface area contributed by atoms with Gasteiger partial charge in [0.2, 0.25) is 5.91 Å². The average molecular weight is 214 g/mol. The molecule has 1 unspecified atom stereocenters. The van der Waals surface area contributed by atoms with E-state index in [4.69, 9.17) is 5.73 Å². The Kier molecular flexibility index (Phi) is 7.39. The van der Waals surface area contributed by atoms with E-state index in [0.29, 0.717) is 24.8 Å². The fourth-order valence-corrected chi connectivity index (χ4v) is 1.37. The predicted octanol–water partition coefficient (Wildman–Crippen LogP) is 1.87. The number of amides is 1. The van der Waals surface area contributed by atoms with Crippen LogP contribution in [0.25, 0.3) is 0 Å². The molecule has 90 valence electrons. The van der Waals surface area contributed by atoms with Crippen LogP contribution in [0.15, 0.2) is 0 Å². The molecule has 15 heavy (non-hydrogen) atoms. The van der Waals surface area contributed by atoms with Gasteiger partial charge in [-0.15, -0.1) is 0 Å². The van der Waals surface area contributed by atoms with Crippen molar-refractivity contribution >= 4 is 5.91 Å². The third-order valence-electron chi connectivity index (χ3n) is 2.84. The molecule has 0 aromatic rings. The molecule has 0 fully saturated rings. The van der Waals surface area contributed by atoms with Gasteiger partial charge in [-0.2, -0.15) is 0 Å². The molecule has 0 saturated heterocycles. The summed E-state index contributed by atoms with van der Waals surface area (Å²) < 4.78 is 0. The van der Waals surface area contributed by atoms with Gasteiger partial charge in [-0.3, -0.25) is 4.79 Å². The Morgan fingerprint density at radius 3 is 2.40 bits per heavy atom. The third-order valence-corrected chi connectivity index (χ3v) is 2.84. The monoisotopic (exact) mass is 214 g/mol. The summed E-state index contributed by atoms with van der Waals surface area (Å²) in [6.07, 6.45) is 2.66. The van der Waals surface area contributed by atoms with Crippen LogP contribution in [0.1, 0.15) is 40.0 Å². The maximum absolute atomic E-state index is 11.8. The lowest BCUT2D eigenvalue weighted by molar-refractivity contribution is -0.131. The van der Waals surface area contributed by atoms with Crippen molar-refractivity contribution in [2.75, 3.05) is 20.1 Å². The van der Waals surface area contributed by atoms with E-state index in [1.165, 1.54) is 0 Å². The molecule has 0 aliphatic carbocycles. The second-order valence-corrected chi connectivity index (χ2v) is 4.71. The fraction of sp³-hybridized carbons (Fsp3) is 0.917. The van der Waals surface area contributed by atoms with Crippen molar-refractivity contribution < 1.29 is 4.79 Å². The van der Waals surface area contributed by atoms with E-state index < -0.39 is 0 Å². The summed E-state index contributed by atoms with van der Waals surface area (Å²) in [5.74, 6) is 1.23. The normalized spacial score (nSPS) is 12.9. The van der Waals surface area contributed by atoms with E-state index in [0.717, 1.165) is 19.4 Å². The zero-order chi connectivity index (χ0) is 11.8. The molecule has 0 bridgehead atoms. The Labute approximate surface area is 94.0 Å². The second kappa shape index (κ2) is 7.69. The number of hydrogen-bond donors (Lipinski definition) is 1. The maximum Gasteiger partial charge on any atom is 0.222 e. The van der Waals surface area contributed by atoms with Gasteiger partial charge in [-0.25, -0.2) is 0 Å². The van der Waals surface area contributed by atoms with Crippen molar-refractivity contribution in [3.05, 3.63) is 0 Å². The molecule has 0 spiro atoms. The molecular weight excluding hydrogens is 188 g/mol. The van der Waals surface area contributed by atoms with E-state index in [1.807, 2.05) is 11.9 Å². The lowest BCUT2D eigenvalue weighted by Gasteiger charge is -2.20. The second-order valence-electron chi connectivity index (χ2n) is 4.71. The molecule has 0 aliphatic heterocycles. The quantitative estimate of drug-likeness (QED) is 0.703. The molecule has 0 heterocycles. The highest BCUT2D eigenvalue weighted by atomic mass is 16.2. The van der Waals surface area contributed by atoms with E-state index >= 15 is 0 Å². The summed E-state index contributed by atoms with van der Waals surface area (Å²) in [7, 11) is 1.88. The van der Waals surface area contributed by atoms with Crippen LogP contribution in [-0.4, -0.2) is 30.9 Å². The van der Waals surface area contributed by atoms with Gasteiger partial charge in [0, 0.05) is 20.0 Å². The van der Waals surface area contributed by atoms with Gasteiger partial charge in [0.15, 0.2) is 0 Å². The number of rotatable bonds is 7. The zero-order valence-electron chi connectivity index (χ0n) is 10.6. The maximum atomic E-state index is 11.8. The highest BCUT2D eigenvalue weighted by molar-refractivity contribution is 5.76. The summed E-state index contributed by atoms with van der Waals surface area (Å²) in [4.78, 5) is 13.6. The zero-order valence-corrected chi connectivity index (χ0v) is 10.6. The van der Waals surface area contributed by atoms with Gasteiger partial charge in [-0.1, -0.05) is 27.2 Å². The number of carbonyl (C=O) groups excluding carboxylic acids is 1. The summed E-state index contributed by atoms with van der Waals surface area (Å²) in [5, 5.41) is 0. The molecule has 1 atom stereocenters. The minimum atomic E-state index is 0.230. The largest absolute Gasteiger partial charge is 0.346 e. The molecule has 0 saturated carbocycles. The first-order valence-electron chi connectivity index (χ1n) is 5.95. The third kappa shape index (κ3) is 6.50. The summed E-state index contributed by atoms with van der Waals surface area (Å²) in [6, 6.07) is 0. The fourth-order valence-electron chi connectivity index (χ4n) is 1.37. The minimum Gasteiger partial charge on any atom is -0.346 e. The van der Waals surface area contributed by atoms with Crippen LogP contribution in [0, 0.1) is 11.8 Å². The molecule has 3 heteroatoms. The van der Waals surface area contributed by atoms with E-state index in [-0.39, 0.29) is 5.91 Å². The Morgan fingerprint density at radius 2 is 2.00 bits per heavy atom. The number of hydrogen-bond acceptors (Lipinski definition) is 2. The smallest absolute Gasteiger partial charge is 0.222 e. The summed E-state index contributed by atoms with van der Waals surface area (Å²) in [5.41, 5.74) is 5.58. The topological polar surface area (TPSA) is 46.3 Å². The highest BCUT2D eigenvalue weighted by Gasteiger charge is 2.14. The van der Waals surface area contributed by atoms with Crippen molar-refractivity contribution in [1.82, 2.24) is 4.90 Å². The first kappa shape index (κ1) is 14.4. The molecular formula is C12H26N2O. The van der Waals surface area contributed by atoms with Gasteiger partial charge in [0.05, 0.1) is 0 Å². The molecule has 0 aromatic carbocycles. The predicted molar refractivity (Wildman–Crippen MR) is 64.5 cm³/mol. The van der Waals surface area contributed by atoms with Crippen molar-refractivity contribution in [1.29, 1.82) is 0 Å². The molecule has 0 aliphatic rings. The van der Waals surface area contributed by atoms with Crippen molar-refractivity contribution in [3.63, 3.8) is 0 Å². The first-order chi connectivity index (χ1) is 7.01. The van der Waals surface area contributed by atoms with Crippen LogP contribution in [0.5, 0.6) is 0 Å². The number of carbonyl (C=O) groups is 1. The molecule has 0 aromatic heterocycles.